The van der Waals surface area contributed by atoms with Gasteiger partial charge in [-0.05, 0) is 24.6 Å². The molecule has 0 atom stereocenters. The first-order chi connectivity index (χ1) is 7.05. The van der Waals surface area contributed by atoms with Crippen LogP contribution in [0.15, 0.2) is 26.4 Å². The smallest absolute Gasteiger partial charge is 0.177 e. The van der Waals surface area contributed by atoms with Crippen molar-refractivity contribution in [3.05, 3.63) is 22.2 Å². The molecule has 1 aromatic rings. The third-order valence-electron chi connectivity index (χ3n) is 2.07. The maximum atomic E-state index is 11.6. The molecule has 0 aliphatic carbocycles. The van der Waals surface area contributed by atoms with Gasteiger partial charge in [-0.3, -0.25) is 0 Å². The van der Waals surface area contributed by atoms with Crippen molar-refractivity contribution in [3.8, 4) is 0 Å². The fourth-order valence-electron chi connectivity index (χ4n) is 1.40. The van der Waals surface area contributed by atoms with Crippen LogP contribution in [0.5, 0.6) is 0 Å². The van der Waals surface area contributed by atoms with Crippen LogP contribution in [0.4, 0.5) is 0 Å². The maximum absolute atomic E-state index is 11.6. The van der Waals surface area contributed by atoms with Crippen molar-refractivity contribution in [1.29, 1.82) is 0 Å². The Morgan fingerprint density at radius 2 is 1.50 bits per heavy atom. The van der Waals surface area contributed by atoms with Crippen LogP contribution < -0.4 is 0 Å². The second-order valence-corrected chi connectivity index (χ2v) is 8.34. The van der Waals surface area contributed by atoms with E-state index in [4.69, 9.17) is 0 Å². The number of halogens is 1. The molecule has 0 fully saturated rings. The zero-order valence-corrected chi connectivity index (χ0v) is 12.2. The van der Waals surface area contributed by atoms with Crippen LogP contribution in [0.3, 0.4) is 0 Å². The first-order valence-electron chi connectivity index (χ1n) is 4.24. The van der Waals surface area contributed by atoms with Gasteiger partial charge in [-0.2, -0.15) is 0 Å². The molecule has 90 valence electrons. The number of hydrogen-bond donors (Lipinski definition) is 0. The predicted octanol–water partition coefficient (Wildman–Crippen LogP) is 1.56. The summed E-state index contributed by atoms with van der Waals surface area (Å²) >= 11 is 3.18. The highest BCUT2D eigenvalue weighted by Crippen LogP contribution is 2.29. The van der Waals surface area contributed by atoms with Crippen molar-refractivity contribution < 1.29 is 16.8 Å². The molecule has 1 aromatic carbocycles. The fourth-order valence-corrected chi connectivity index (χ4v) is 4.67. The number of sulfone groups is 2. The molecule has 0 saturated carbocycles. The third-order valence-corrected chi connectivity index (χ3v) is 5.47. The molecule has 0 unspecified atom stereocenters. The minimum absolute atomic E-state index is 0.135. The van der Waals surface area contributed by atoms with Gasteiger partial charge in [-0.25, -0.2) is 16.8 Å². The summed E-state index contributed by atoms with van der Waals surface area (Å²) in [7, 11) is -7.13. The normalized spacial score (nSPS) is 12.8. The van der Waals surface area contributed by atoms with Gasteiger partial charge in [0.2, 0.25) is 0 Å². The van der Waals surface area contributed by atoms with Gasteiger partial charge < -0.3 is 0 Å². The Morgan fingerprint density at radius 1 is 1.00 bits per heavy atom. The molecule has 16 heavy (non-hydrogen) atoms. The molecule has 0 spiro atoms. The molecule has 0 N–H and O–H groups in total. The van der Waals surface area contributed by atoms with Crippen molar-refractivity contribution in [1.82, 2.24) is 0 Å². The lowest BCUT2D eigenvalue weighted by atomic mass is 10.2. The summed E-state index contributed by atoms with van der Waals surface area (Å²) in [4.78, 5) is -0.292. The van der Waals surface area contributed by atoms with E-state index in [2.05, 4.69) is 15.9 Å². The van der Waals surface area contributed by atoms with Gasteiger partial charge in [0.05, 0.1) is 9.79 Å². The van der Waals surface area contributed by atoms with Gasteiger partial charge >= 0.3 is 0 Å². The molecular formula is C9H11BrO4S2. The Labute approximate surface area is 104 Å². The van der Waals surface area contributed by atoms with Crippen molar-refractivity contribution in [2.24, 2.45) is 0 Å². The van der Waals surface area contributed by atoms with Crippen molar-refractivity contribution in [2.45, 2.75) is 16.7 Å². The van der Waals surface area contributed by atoms with Crippen LogP contribution in [0.25, 0.3) is 0 Å². The predicted molar refractivity (Wildman–Crippen MR) is 65.1 cm³/mol. The Hall–Kier alpha value is -0.400. The topological polar surface area (TPSA) is 68.3 Å². The SMILES string of the molecule is Cc1c(Br)ccc(S(C)(=O)=O)c1S(C)(=O)=O. The highest BCUT2D eigenvalue weighted by molar-refractivity contribution is 9.10. The Balaban J connectivity index is 3.88. The third kappa shape index (κ3) is 2.64. The highest BCUT2D eigenvalue weighted by Gasteiger charge is 2.23. The lowest BCUT2D eigenvalue weighted by Gasteiger charge is -2.10. The van der Waals surface area contributed by atoms with Gasteiger partial charge in [0.1, 0.15) is 0 Å². The number of rotatable bonds is 2. The molecule has 0 bridgehead atoms. The van der Waals surface area contributed by atoms with Crippen LogP contribution in [0, 0.1) is 6.92 Å². The van der Waals surface area contributed by atoms with Crippen LogP contribution in [0.2, 0.25) is 0 Å². The molecule has 0 radical (unpaired) electrons. The number of hydrogen-bond acceptors (Lipinski definition) is 4. The van der Waals surface area contributed by atoms with Crippen LogP contribution in [0.1, 0.15) is 5.56 Å². The Kier molecular flexibility index (Phi) is 3.52. The first-order valence-corrected chi connectivity index (χ1v) is 8.82. The highest BCUT2D eigenvalue weighted by atomic mass is 79.9. The minimum Gasteiger partial charge on any atom is -0.224 e. The largest absolute Gasteiger partial charge is 0.224 e. The zero-order valence-electron chi connectivity index (χ0n) is 8.98. The molecule has 7 heteroatoms. The lowest BCUT2D eigenvalue weighted by molar-refractivity contribution is 0.588. The first kappa shape index (κ1) is 13.7. The second kappa shape index (κ2) is 4.12. The van der Waals surface area contributed by atoms with Crippen LogP contribution in [-0.4, -0.2) is 29.3 Å². The maximum Gasteiger partial charge on any atom is 0.177 e. The summed E-state index contributed by atoms with van der Waals surface area (Å²) in [6, 6.07) is 2.82. The summed E-state index contributed by atoms with van der Waals surface area (Å²) in [5.74, 6) is 0. The average Bonchev–Trinajstić information content (AvgIpc) is 2.05. The summed E-state index contributed by atoms with van der Waals surface area (Å²) in [5.41, 5.74) is 0.408. The average molecular weight is 327 g/mol. The van der Waals surface area contributed by atoms with Gasteiger partial charge in [0.25, 0.3) is 0 Å². The van der Waals surface area contributed by atoms with Gasteiger partial charge in [0.15, 0.2) is 19.7 Å². The van der Waals surface area contributed by atoms with Gasteiger partial charge in [-0.1, -0.05) is 15.9 Å². The van der Waals surface area contributed by atoms with Crippen LogP contribution >= 0.6 is 15.9 Å². The van der Waals surface area contributed by atoms with E-state index >= 15 is 0 Å². The molecule has 4 nitrogen and oxygen atoms in total. The monoisotopic (exact) mass is 326 g/mol. The van der Waals surface area contributed by atoms with E-state index in [9.17, 15) is 16.8 Å². The molecular weight excluding hydrogens is 316 g/mol. The Bertz CT molecular complexity index is 630. The van der Waals surface area contributed by atoms with Gasteiger partial charge in [0, 0.05) is 17.0 Å². The quantitative estimate of drug-likeness (QED) is 0.827. The molecule has 1 rings (SSSR count). The van der Waals surface area contributed by atoms with E-state index in [-0.39, 0.29) is 9.79 Å². The van der Waals surface area contributed by atoms with E-state index in [0.717, 1.165) is 12.5 Å². The molecule has 0 aromatic heterocycles. The van der Waals surface area contributed by atoms with Crippen molar-refractivity contribution in [3.63, 3.8) is 0 Å². The summed E-state index contributed by atoms with van der Waals surface area (Å²) in [6.45, 7) is 1.56. The van der Waals surface area contributed by atoms with Gasteiger partial charge in [-0.15, -0.1) is 0 Å². The van der Waals surface area contributed by atoms with Crippen LogP contribution in [-0.2, 0) is 19.7 Å². The van der Waals surface area contributed by atoms with Crippen molar-refractivity contribution in [2.75, 3.05) is 12.5 Å². The molecule has 0 aliphatic heterocycles. The number of benzene rings is 1. The van der Waals surface area contributed by atoms with E-state index in [0.29, 0.717) is 10.0 Å². The van der Waals surface area contributed by atoms with E-state index < -0.39 is 19.7 Å². The van der Waals surface area contributed by atoms with E-state index in [1.807, 2.05) is 0 Å². The zero-order chi connectivity index (χ0) is 12.7. The van der Waals surface area contributed by atoms with E-state index in [1.54, 1.807) is 6.92 Å². The van der Waals surface area contributed by atoms with Crippen molar-refractivity contribution >= 4 is 35.6 Å². The summed E-state index contributed by atoms with van der Waals surface area (Å²) < 4.78 is 46.7. The standard InChI is InChI=1S/C9H11BrO4S2/c1-6-7(10)4-5-8(15(2,11)12)9(6)16(3,13)14/h4-5H,1-3H3. The molecule has 0 heterocycles. The summed E-state index contributed by atoms with van der Waals surface area (Å²) in [5, 5.41) is 0. The minimum atomic E-state index is -3.58. The lowest BCUT2D eigenvalue weighted by Crippen LogP contribution is -2.09. The Morgan fingerprint density at radius 3 is 1.88 bits per heavy atom. The molecule has 0 amide bonds. The summed E-state index contributed by atoms with van der Waals surface area (Å²) in [6.07, 6.45) is 1.99. The molecule has 0 saturated heterocycles. The fraction of sp³-hybridized carbons (Fsp3) is 0.333. The van der Waals surface area contributed by atoms with E-state index in [1.165, 1.54) is 12.1 Å². The molecule has 0 aliphatic rings. The second-order valence-electron chi connectivity index (χ2n) is 3.54.